The summed E-state index contributed by atoms with van der Waals surface area (Å²) in [6.45, 7) is 0. The van der Waals surface area contributed by atoms with Crippen LogP contribution >= 0.6 is 0 Å². The lowest BCUT2D eigenvalue weighted by atomic mass is 10.1. The van der Waals surface area contributed by atoms with Crippen LogP contribution in [0.25, 0.3) is 0 Å². The van der Waals surface area contributed by atoms with E-state index in [1.54, 1.807) is 0 Å². The average molecular weight is 224 g/mol. The molecule has 1 aromatic carbocycles. The lowest BCUT2D eigenvalue weighted by Crippen LogP contribution is -2.29. The molecule has 82 valence electrons. The van der Waals surface area contributed by atoms with E-state index in [1.807, 2.05) is 24.3 Å². The van der Waals surface area contributed by atoms with Gasteiger partial charge < -0.3 is 11.1 Å². The molecule has 1 heterocycles. The lowest BCUT2D eigenvalue weighted by molar-refractivity contribution is 0.624. The number of hydrogen-bond donors (Lipinski definition) is 2. The molecule has 0 unspecified atom stereocenters. The van der Waals surface area contributed by atoms with Crippen LogP contribution in [0.15, 0.2) is 24.3 Å². The molecular formula is C11H16N2OS. The first-order valence-electron chi connectivity index (χ1n) is 5.21. The third-order valence-corrected chi connectivity index (χ3v) is 4.05. The summed E-state index contributed by atoms with van der Waals surface area (Å²) in [5, 5.41) is 3.44. The molecule has 15 heavy (non-hydrogen) atoms. The minimum atomic E-state index is -0.583. The number of nitrogens with one attached hydrogen (secondary N) is 1. The second kappa shape index (κ2) is 4.66. The van der Waals surface area contributed by atoms with Crippen molar-refractivity contribution < 1.29 is 4.21 Å². The largest absolute Gasteiger partial charge is 0.399 e. The van der Waals surface area contributed by atoms with E-state index in [1.165, 1.54) is 0 Å². The van der Waals surface area contributed by atoms with Crippen molar-refractivity contribution in [3.8, 4) is 0 Å². The predicted octanol–water partition coefficient (Wildman–Crippen LogP) is 1.59. The van der Waals surface area contributed by atoms with E-state index in [4.69, 9.17) is 5.73 Å². The Labute approximate surface area is 92.5 Å². The molecule has 0 spiro atoms. The van der Waals surface area contributed by atoms with Gasteiger partial charge in [-0.05, 0) is 37.1 Å². The van der Waals surface area contributed by atoms with Gasteiger partial charge >= 0.3 is 0 Å². The molecule has 0 aromatic heterocycles. The standard InChI is InChI=1S/C11H16N2OS/c12-9-1-3-10(4-2-9)13-11-5-7-15(14)8-6-11/h1-4,11,13H,5-8,12H2. The Morgan fingerprint density at radius 2 is 1.80 bits per heavy atom. The van der Waals surface area contributed by atoms with Crippen molar-refractivity contribution in [1.29, 1.82) is 0 Å². The Hall–Kier alpha value is -1.03. The van der Waals surface area contributed by atoms with Gasteiger partial charge in [0.05, 0.1) is 0 Å². The van der Waals surface area contributed by atoms with Crippen LogP contribution in [-0.2, 0) is 10.8 Å². The van der Waals surface area contributed by atoms with Crippen molar-refractivity contribution in [3.63, 3.8) is 0 Å². The molecule has 3 nitrogen and oxygen atoms in total. The molecule has 0 radical (unpaired) electrons. The topological polar surface area (TPSA) is 55.1 Å². The Bertz CT molecular complexity index is 340. The molecule has 1 saturated heterocycles. The number of rotatable bonds is 2. The molecule has 2 rings (SSSR count). The molecule has 1 aliphatic heterocycles. The van der Waals surface area contributed by atoms with Crippen molar-refractivity contribution in [2.45, 2.75) is 18.9 Å². The molecule has 0 aliphatic carbocycles. The Morgan fingerprint density at radius 1 is 1.20 bits per heavy atom. The lowest BCUT2D eigenvalue weighted by Gasteiger charge is -2.23. The first kappa shape index (κ1) is 10.5. The first-order valence-corrected chi connectivity index (χ1v) is 6.70. The van der Waals surface area contributed by atoms with Gasteiger partial charge in [-0.25, -0.2) is 0 Å². The maximum Gasteiger partial charge on any atom is 0.0343 e. The number of nitrogen functional groups attached to an aromatic ring is 1. The fraction of sp³-hybridized carbons (Fsp3) is 0.455. The highest BCUT2D eigenvalue weighted by molar-refractivity contribution is 7.85. The zero-order chi connectivity index (χ0) is 10.7. The molecule has 0 amide bonds. The summed E-state index contributed by atoms with van der Waals surface area (Å²) < 4.78 is 11.2. The minimum Gasteiger partial charge on any atom is -0.399 e. The predicted molar refractivity (Wildman–Crippen MR) is 65.4 cm³/mol. The third-order valence-electron chi connectivity index (χ3n) is 2.67. The molecule has 3 N–H and O–H groups in total. The van der Waals surface area contributed by atoms with Gasteiger partial charge in [-0.2, -0.15) is 0 Å². The number of anilines is 2. The highest BCUT2D eigenvalue weighted by Gasteiger charge is 2.17. The fourth-order valence-corrected chi connectivity index (χ4v) is 3.05. The maximum atomic E-state index is 11.2. The van der Waals surface area contributed by atoms with E-state index >= 15 is 0 Å². The van der Waals surface area contributed by atoms with Crippen LogP contribution in [0.4, 0.5) is 11.4 Å². The Kier molecular flexibility index (Phi) is 3.26. The van der Waals surface area contributed by atoms with Gasteiger partial charge in [0.25, 0.3) is 0 Å². The summed E-state index contributed by atoms with van der Waals surface area (Å²) in [5.74, 6) is 1.65. The van der Waals surface area contributed by atoms with E-state index in [0.29, 0.717) is 6.04 Å². The van der Waals surface area contributed by atoms with E-state index < -0.39 is 10.8 Å². The zero-order valence-corrected chi connectivity index (χ0v) is 9.43. The van der Waals surface area contributed by atoms with Crippen molar-refractivity contribution in [1.82, 2.24) is 0 Å². The van der Waals surface area contributed by atoms with Gasteiger partial charge in [-0.1, -0.05) is 0 Å². The molecule has 1 fully saturated rings. The van der Waals surface area contributed by atoms with Crippen LogP contribution in [0.2, 0.25) is 0 Å². The molecule has 0 bridgehead atoms. The summed E-state index contributed by atoms with van der Waals surface area (Å²) in [4.78, 5) is 0. The first-order chi connectivity index (χ1) is 7.24. The van der Waals surface area contributed by atoms with Gasteiger partial charge in [0.1, 0.15) is 0 Å². The van der Waals surface area contributed by atoms with Gasteiger partial charge in [-0.15, -0.1) is 0 Å². The highest BCUT2D eigenvalue weighted by Crippen LogP contribution is 2.17. The van der Waals surface area contributed by atoms with Crippen LogP contribution in [0.3, 0.4) is 0 Å². The molecule has 0 atom stereocenters. The van der Waals surface area contributed by atoms with Crippen molar-refractivity contribution in [3.05, 3.63) is 24.3 Å². The third kappa shape index (κ3) is 2.96. The van der Waals surface area contributed by atoms with Crippen molar-refractivity contribution in [2.75, 3.05) is 22.6 Å². The normalized spacial score (nSPS) is 26.1. The quantitative estimate of drug-likeness (QED) is 0.750. The number of nitrogens with two attached hydrogens (primary N) is 1. The van der Waals surface area contributed by atoms with Gasteiger partial charge in [-0.3, -0.25) is 4.21 Å². The molecule has 1 aliphatic rings. The summed E-state index contributed by atoms with van der Waals surface area (Å²) in [6.07, 6.45) is 1.99. The van der Waals surface area contributed by atoms with Gasteiger partial charge in [0.2, 0.25) is 0 Å². The second-order valence-electron chi connectivity index (χ2n) is 3.89. The highest BCUT2D eigenvalue weighted by atomic mass is 32.2. The van der Waals surface area contributed by atoms with Crippen LogP contribution in [0, 0.1) is 0 Å². The van der Waals surface area contributed by atoms with E-state index in [2.05, 4.69) is 5.32 Å². The minimum absolute atomic E-state index is 0.464. The maximum absolute atomic E-state index is 11.2. The summed E-state index contributed by atoms with van der Waals surface area (Å²) in [5.41, 5.74) is 7.49. The monoisotopic (exact) mass is 224 g/mol. The van der Waals surface area contributed by atoms with Crippen molar-refractivity contribution in [2.24, 2.45) is 0 Å². The van der Waals surface area contributed by atoms with Crippen molar-refractivity contribution >= 4 is 22.2 Å². The molecule has 4 heteroatoms. The van der Waals surface area contributed by atoms with Crippen LogP contribution in [0.1, 0.15) is 12.8 Å². The second-order valence-corrected chi connectivity index (χ2v) is 5.58. The zero-order valence-electron chi connectivity index (χ0n) is 8.61. The van der Waals surface area contributed by atoms with E-state index in [-0.39, 0.29) is 0 Å². The number of benzene rings is 1. The molecule has 1 aromatic rings. The summed E-state index contributed by atoms with van der Waals surface area (Å²) >= 11 is 0. The smallest absolute Gasteiger partial charge is 0.0343 e. The Balaban J connectivity index is 1.91. The number of hydrogen-bond acceptors (Lipinski definition) is 3. The SMILES string of the molecule is Nc1ccc(NC2CCS(=O)CC2)cc1. The fourth-order valence-electron chi connectivity index (χ4n) is 1.75. The van der Waals surface area contributed by atoms with Gasteiger partial charge in [0.15, 0.2) is 0 Å². The van der Waals surface area contributed by atoms with Gasteiger partial charge in [0, 0.05) is 39.7 Å². The van der Waals surface area contributed by atoms with Crippen LogP contribution in [-0.4, -0.2) is 21.8 Å². The summed E-state index contributed by atoms with van der Waals surface area (Å²) in [7, 11) is -0.583. The van der Waals surface area contributed by atoms with Crippen LogP contribution in [0.5, 0.6) is 0 Å². The Morgan fingerprint density at radius 3 is 2.40 bits per heavy atom. The van der Waals surface area contributed by atoms with E-state index in [0.717, 1.165) is 35.7 Å². The van der Waals surface area contributed by atoms with E-state index in [9.17, 15) is 4.21 Å². The summed E-state index contributed by atoms with van der Waals surface area (Å²) in [6, 6.07) is 8.22. The average Bonchev–Trinajstić information content (AvgIpc) is 2.25. The van der Waals surface area contributed by atoms with Crippen LogP contribution < -0.4 is 11.1 Å². The molecule has 0 saturated carbocycles. The molecular weight excluding hydrogens is 208 g/mol.